The van der Waals surface area contributed by atoms with E-state index in [1.54, 1.807) is 5.57 Å². The second-order valence-electron chi connectivity index (χ2n) is 4.74. The van der Waals surface area contributed by atoms with Crippen LogP contribution < -0.4 is 0 Å². The summed E-state index contributed by atoms with van der Waals surface area (Å²) in [6.07, 6.45) is 14.7. The second kappa shape index (κ2) is 5.96. The van der Waals surface area contributed by atoms with Crippen LogP contribution in [0.5, 0.6) is 0 Å². The molecule has 0 radical (unpaired) electrons. The second-order valence-corrected chi connectivity index (χ2v) is 11.5. The van der Waals surface area contributed by atoms with E-state index in [0.717, 1.165) is 3.63 Å². The van der Waals surface area contributed by atoms with Gasteiger partial charge in [0.05, 0.1) is 0 Å². The molecule has 2 rings (SSSR count). The number of allylic oxidation sites excluding steroid dienone is 6. The molecule has 85 valence electrons. The Kier molecular flexibility index (Phi) is 4.58. The van der Waals surface area contributed by atoms with Gasteiger partial charge in [-0.3, -0.25) is 0 Å². The van der Waals surface area contributed by atoms with Crippen LogP contribution in [0.15, 0.2) is 48.6 Å². The van der Waals surface area contributed by atoms with Crippen molar-refractivity contribution >= 4 is 0 Å². The van der Waals surface area contributed by atoms with E-state index in [4.69, 9.17) is 0 Å². The average Bonchev–Trinajstić information content (AvgIpc) is 2.72. The Labute approximate surface area is 108 Å². The van der Waals surface area contributed by atoms with Crippen LogP contribution in [-0.2, 0) is 21.8 Å². The molecule has 0 saturated heterocycles. The van der Waals surface area contributed by atoms with Crippen molar-refractivity contribution < 1.29 is 21.8 Å². The summed E-state index contributed by atoms with van der Waals surface area (Å²) < 4.78 is 3.48. The van der Waals surface area contributed by atoms with Crippen molar-refractivity contribution in [3.8, 4) is 0 Å². The molecule has 1 atom stereocenters. The molecule has 0 aromatic heterocycles. The Bertz CT molecular complexity index is 325. The van der Waals surface area contributed by atoms with E-state index >= 15 is 0 Å². The average molecular weight is 293 g/mol. The van der Waals surface area contributed by atoms with E-state index in [1.165, 1.54) is 33.9 Å². The van der Waals surface area contributed by atoms with Gasteiger partial charge in [-0.1, -0.05) is 0 Å². The monoisotopic (exact) mass is 291 g/mol. The molecule has 0 fully saturated rings. The molecule has 0 amide bonds. The third kappa shape index (κ3) is 2.56. The summed E-state index contributed by atoms with van der Waals surface area (Å²) in [6.45, 7) is 7.87. The number of hydrogen-bond acceptors (Lipinski definition) is 0. The third-order valence-electron chi connectivity index (χ3n) is 3.67. The Balaban J connectivity index is 2.13. The molecule has 0 aromatic rings. The fourth-order valence-corrected chi connectivity index (χ4v) is 9.32. The Hall–Kier alpha value is -0.157. The molecule has 16 heavy (non-hydrogen) atoms. The van der Waals surface area contributed by atoms with Gasteiger partial charge in [0, 0.05) is 0 Å². The molecule has 1 unspecified atom stereocenters. The zero-order valence-corrected chi connectivity index (χ0v) is 12.5. The van der Waals surface area contributed by atoms with Crippen molar-refractivity contribution in [1.82, 2.24) is 0 Å². The summed E-state index contributed by atoms with van der Waals surface area (Å²) in [5.74, 6) is 0. The van der Waals surface area contributed by atoms with Crippen LogP contribution in [0.2, 0.25) is 11.9 Å². The van der Waals surface area contributed by atoms with Gasteiger partial charge in [-0.25, -0.2) is 0 Å². The summed E-state index contributed by atoms with van der Waals surface area (Å²) in [5.41, 5.74) is 3.49. The van der Waals surface area contributed by atoms with Crippen molar-refractivity contribution in [2.45, 2.75) is 37.6 Å². The molecule has 0 aromatic carbocycles. The molecule has 0 heterocycles. The zero-order valence-electron chi connectivity index (χ0n) is 10.0. The van der Waals surface area contributed by atoms with Crippen molar-refractivity contribution in [1.29, 1.82) is 0 Å². The van der Waals surface area contributed by atoms with Crippen LogP contribution in [0.1, 0.15) is 25.7 Å². The maximum absolute atomic E-state index is 3.93. The Morgan fingerprint density at radius 2 is 1.88 bits per heavy atom. The van der Waals surface area contributed by atoms with Gasteiger partial charge in [0.1, 0.15) is 0 Å². The van der Waals surface area contributed by atoms with Gasteiger partial charge in [0.15, 0.2) is 0 Å². The first kappa shape index (κ1) is 12.3. The van der Waals surface area contributed by atoms with Gasteiger partial charge in [0.2, 0.25) is 0 Å². The first-order valence-electron chi connectivity index (χ1n) is 6.33. The van der Waals surface area contributed by atoms with E-state index in [0.29, 0.717) is 0 Å². The van der Waals surface area contributed by atoms with Crippen LogP contribution in [0, 0.1) is 0 Å². The molecular formula is C15H21Zr. The fraction of sp³-hybridized carbons (Fsp3) is 0.467. The SMILES string of the molecule is C=C[CH2][Zr]([CH2]C=C)[CH]1C=CC2=C1CCCC2. The minimum absolute atomic E-state index is 0.869. The van der Waals surface area contributed by atoms with Crippen molar-refractivity contribution in [2.75, 3.05) is 0 Å². The first-order valence-corrected chi connectivity index (χ1v) is 11.2. The van der Waals surface area contributed by atoms with Gasteiger partial charge in [-0.05, 0) is 0 Å². The molecular weight excluding hydrogens is 271 g/mol. The van der Waals surface area contributed by atoms with Gasteiger partial charge >= 0.3 is 108 Å². The topological polar surface area (TPSA) is 0 Å². The standard InChI is InChI=1S/C9H11.2C3H5.Zr/c1-2-5-9-7-3-6-8(9)4-1;2*1-3-2;/h3,6-7H,1-2,4-5H2;2*3H,1-2H2;. The van der Waals surface area contributed by atoms with E-state index in [1.807, 2.05) is 5.57 Å². The zero-order chi connectivity index (χ0) is 11.4. The predicted octanol–water partition coefficient (Wildman–Crippen LogP) is 5.04. The Morgan fingerprint density at radius 1 is 1.19 bits per heavy atom. The minimum atomic E-state index is -1.37. The van der Waals surface area contributed by atoms with E-state index in [9.17, 15) is 0 Å². The van der Waals surface area contributed by atoms with Crippen LogP contribution in [0.4, 0.5) is 0 Å². The fourth-order valence-electron chi connectivity index (χ4n) is 2.92. The molecule has 0 spiro atoms. The molecule has 0 nitrogen and oxygen atoms in total. The summed E-state index contributed by atoms with van der Waals surface area (Å²) in [7, 11) is 0. The molecule has 0 bridgehead atoms. The first-order chi connectivity index (χ1) is 7.86. The maximum atomic E-state index is 3.93. The van der Waals surface area contributed by atoms with Crippen LogP contribution in [0.3, 0.4) is 0 Å². The van der Waals surface area contributed by atoms with Gasteiger partial charge in [-0.2, -0.15) is 0 Å². The molecule has 2 aliphatic carbocycles. The van der Waals surface area contributed by atoms with Gasteiger partial charge in [0.25, 0.3) is 0 Å². The predicted molar refractivity (Wildman–Crippen MR) is 68.4 cm³/mol. The summed E-state index contributed by atoms with van der Waals surface area (Å²) >= 11 is -1.37. The van der Waals surface area contributed by atoms with E-state index in [2.05, 4.69) is 37.5 Å². The van der Waals surface area contributed by atoms with E-state index < -0.39 is 21.8 Å². The van der Waals surface area contributed by atoms with Crippen LogP contribution >= 0.6 is 0 Å². The normalized spacial score (nSPS) is 23.1. The van der Waals surface area contributed by atoms with E-state index in [-0.39, 0.29) is 0 Å². The number of hydrogen-bond donors (Lipinski definition) is 0. The number of rotatable bonds is 5. The van der Waals surface area contributed by atoms with Gasteiger partial charge < -0.3 is 0 Å². The van der Waals surface area contributed by atoms with Crippen LogP contribution in [0.25, 0.3) is 0 Å². The molecule has 2 aliphatic rings. The molecule has 0 N–H and O–H groups in total. The Morgan fingerprint density at radius 3 is 2.56 bits per heavy atom. The summed E-state index contributed by atoms with van der Waals surface area (Å²) in [5, 5.41) is 0. The van der Waals surface area contributed by atoms with Crippen LogP contribution in [-0.4, -0.2) is 0 Å². The summed E-state index contributed by atoms with van der Waals surface area (Å²) in [4.78, 5) is 0. The molecule has 0 saturated carbocycles. The third-order valence-corrected chi connectivity index (χ3v) is 11.2. The van der Waals surface area contributed by atoms with Crippen molar-refractivity contribution in [3.63, 3.8) is 0 Å². The summed E-state index contributed by atoms with van der Waals surface area (Å²) in [6, 6.07) is 0. The van der Waals surface area contributed by atoms with Crippen molar-refractivity contribution in [3.05, 3.63) is 48.6 Å². The molecule has 0 aliphatic heterocycles. The molecule has 1 heteroatoms. The van der Waals surface area contributed by atoms with Gasteiger partial charge in [-0.15, -0.1) is 0 Å². The van der Waals surface area contributed by atoms with Crippen molar-refractivity contribution in [2.24, 2.45) is 0 Å². The quantitative estimate of drug-likeness (QED) is 0.623.